The van der Waals surface area contributed by atoms with Crippen LogP contribution in [-0.4, -0.2) is 32.6 Å². The van der Waals surface area contributed by atoms with Crippen LogP contribution in [0.4, 0.5) is 0 Å². The Kier molecular flexibility index (Phi) is 11.7. The zero-order valence-electron chi connectivity index (χ0n) is 21.1. The molecule has 1 aromatic heterocycles. The number of benzene rings is 2. The number of aryl methyl sites for hydroxylation is 3. The van der Waals surface area contributed by atoms with Crippen LogP contribution in [0.1, 0.15) is 68.2 Å². The largest absolute Gasteiger partial charge is 0.481 e. The van der Waals surface area contributed by atoms with Gasteiger partial charge in [-0.3, -0.25) is 9.59 Å². The van der Waals surface area contributed by atoms with Gasteiger partial charge in [-0.2, -0.15) is 0 Å². The molecule has 1 atom stereocenters. The summed E-state index contributed by atoms with van der Waals surface area (Å²) in [6.45, 7) is 0.873. The number of nitrogens with one attached hydrogen (secondary N) is 1. The minimum absolute atomic E-state index is 0.00394. The van der Waals surface area contributed by atoms with Crippen LogP contribution < -0.4 is 5.32 Å². The van der Waals surface area contributed by atoms with Crippen molar-refractivity contribution in [1.82, 2.24) is 14.9 Å². The highest BCUT2D eigenvalue weighted by atomic mass is 16.4. The minimum Gasteiger partial charge on any atom is -0.481 e. The van der Waals surface area contributed by atoms with E-state index in [0.29, 0.717) is 19.3 Å². The third-order valence-electron chi connectivity index (χ3n) is 6.40. The molecule has 0 saturated heterocycles. The first-order chi connectivity index (χ1) is 17.6. The summed E-state index contributed by atoms with van der Waals surface area (Å²) in [6.07, 6.45) is 12.5. The molecule has 0 aliphatic heterocycles. The number of carboxylic acid groups (broad SMARTS) is 1. The number of amides is 1. The molecule has 0 aliphatic rings. The van der Waals surface area contributed by atoms with Crippen molar-refractivity contribution in [2.24, 2.45) is 0 Å². The zero-order valence-corrected chi connectivity index (χ0v) is 21.1. The van der Waals surface area contributed by atoms with E-state index < -0.39 is 5.97 Å². The van der Waals surface area contributed by atoms with Crippen LogP contribution in [0.15, 0.2) is 73.2 Å². The Morgan fingerprint density at radius 3 is 2.14 bits per heavy atom. The Labute approximate surface area is 214 Å². The smallest absolute Gasteiger partial charge is 0.303 e. The summed E-state index contributed by atoms with van der Waals surface area (Å²) < 4.78 is 2.07. The summed E-state index contributed by atoms with van der Waals surface area (Å²) in [5, 5.41) is 12.2. The average Bonchev–Trinajstić information content (AvgIpc) is 3.33. The topological polar surface area (TPSA) is 84.2 Å². The molecule has 36 heavy (non-hydrogen) atoms. The van der Waals surface area contributed by atoms with E-state index in [4.69, 9.17) is 5.11 Å². The van der Waals surface area contributed by atoms with Crippen molar-refractivity contribution >= 4 is 11.9 Å². The molecule has 6 nitrogen and oxygen atoms in total. The van der Waals surface area contributed by atoms with Crippen molar-refractivity contribution in [2.45, 2.75) is 83.2 Å². The van der Waals surface area contributed by atoms with Gasteiger partial charge in [0.25, 0.3) is 0 Å². The number of unbranched alkanes of at least 4 members (excludes halogenated alkanes) is 3. The number of carboxylic acids is 1. The molecule has 1 amide bonds. The molecule has 0 bridgehead atoms. The lowest BCUT2D eigenvalue weighted by Gasteiger charge is -2.17. The van der Waals surface area contributed by atoms with E-state index in [2.05, 4.69) is 63.4 Å². The second kappa shape index (κ2) is 15.6. The molecule has 0 aliphatic carbocycles. The quantitative estimate of drug-likeness (QED) is 0.242. The van der Waals surface area contributed by atoms with Crippen LogP contribution in [0.5, 0.6) is 0 Å². The van der Waals surface area contributed by atoms with Crippen LogP contribution >= 0.6 is 0 Å². The van der Waals surface area contributed by atoms with Crippen molar-refractivity contribution in [2.75, 3.05) is 0 Å². The summed E-state index contributed by atoms with van der Waals surface area (Å²) in [6, 6.07) is 20.7. The van der Waals surface area contributed by atoms with Gasteiger partial charge in [0.2, 0.25) is 5.91 Å². The molecule has 192 valence electrons. The van der Waals surface area contributed by atoms with Gasteiger partial charge < -0.3 is 15.0 Å². The highest BCUT2D eigenvalue weighted by molar-refractivity contribution is 5.76. The van der Waals surface area contributed by atoms with Gasteiger partial charge in [-0.25, -0.2) is 4.98 Å². The SMILES string of the molecule is O=C(O)CCC(Cc1cn(CCCc2ccccc2)cn1)NC(=O)CCCCCCc1ccccc1. The van der Waals surface area contributed by atoms with Crippen LogP contribution in [0, 0.1) is 0 Å². The molecule has 0 radical (unpaired) electrons. The maximum atomic E-state index is 12.5. The number of rotatable bonds is 17. The highest BCUT2D eigenvalue weighted by Gasteiger charge is 2.16. The van der Waals surface area contributed by atoms with E-state index in [-0.39, 0.29) is 18.4 Å². The molecule has 0 fully saturated rings. The second-order valence-electron chi connectivity index (χ2n) is 9.49. The summed E-state index contributed by atoms with van der Waals surface area (Å²) in [5.74, 6) is -0.852. The van der Waals surface area contributed by atoms with Crippen LogP contribution in [0.25, 0.3) is 0 Å². The molecule has 1 unspecified atom stereocenters. The average molecular weight is 490 g/mol. The van der Waals surface area contributed by atoms with Gasteiger partial charge >= 0.3 is 5.97 Å². The molecular weight excluding hydrogens is 450 g/mol. The van der Waals surface area contributed by atoms with Crippen LogP contribution in [-0.2, 0) is 35.4 Å². The van der Waals surface area contributed by atoms with Gasteiger partial charge in [-0.15, -0.1) is 0 Å². The normalized spacial score (nSPS) is 11.8. The molecule has 3 rings (SSSR count). The summed E-state index contributed by atoms with van der Waals surface area (Å²) in [7, 11) is 0. The molecule has 0 spiro atoms. The number of aromatic nitrogens is 2. The first-order valence-electron chi connectivity index (χ1n) is 13.2. The molecule has 1 heterocycles. The molecule has 3 aromatic rings. The zero-order chi connectivity index (χ0) is 25.4. The van der Waals surface area contributed by atoms with E-state index in [1.807, 2.05) is 24.7 Å². The Bertz CT molecular complexity index is 1030. The number of aliphatic carboxylic acids is 1. The van der Waals surface area contributed by atoms with Crippen molar-refractivity contribution in [3.05, 3.63) is 90.0 Å². The summed E-state index contributed by atoms with van der Waals surface area (Å²) in [5.41, 5.74) is 3.56. The fourth-order valence-electron chi connectivity index (χ4n) is 4.43. The fraction of sp³-hybridized carbons (Fsp3) is 0.433. The predicted octanol–water partition coefficient (Wildman–Crippen LogP) is 5.60. The molecular formula is C30H39N3O3. The van der Waals surface area contributed by atoms with Gasteiger partial charge in [0, 0.05) is 38.0 Å². The van der Waals surface area contributed by atoms with E-state index in [9.17, 15) is 9.59 Å². The lowest BCUT2D eigenvalue weighted by molar-refractivity contribution is -0.137. The van der Waals surface area contributed by atoms with Gasteiger partial charge in [0.05, 0.1) is 12.0 Å². The molecule has 2 N–H and O–H groups in total. The number of carbonyl (C=O) groups excluding carboxylic acids is 1. The van der Waals surface area contributed by atoms with Crippen molar-refractivity contribution in [3.63, 3.8) is 0 Å². The Balaban J connectivity index is 1.37. The van der Waals surface area contributed by atoms with E-state index in [1.54, 1.807) is 0 Å². The van der Waals surface area contributed by atoms with Crippen LogP contribution in [0.2, 0.25) is 0 Å². The fourth-order valence-corrected chi connectivity index (χ4v) is 4.43. The predicted molar refractivity (Wildman–Crippen MR) is 143 cm³/mol. The molecule has 2 aromatic carbocycles. The van der Waals surface area contributed by atoms with E-state index >= 15 is 0 Å². The summed E-state index contributed by atoms with van der Waals surface area (Å²) in [4.78, 5) is 28.2. The molecule has 6 heteroatoms. The van der Waals surface area contributed by atoms with Gasteiger partial charge in [-0.1, -0.05) is 73.5 Å². The first kappa shape index (κ1) is 27.2. The highest BCUT2D eigenvalue weighted by Crippen LogP contribution is 2.11. The lowest BCUT2D eigenvalue weighted by atomic mass is 10.0. The number of imidazole rings is 1. The van der Waals surface area contributed by atoms with Gasteiger partial charge in [0.15, 0.2) is 0 Å². The second-order valence-corrected chi connectivity index (χ2v) is 9.49. The lowest BCUT2D eigenvalue weighted by Crippen LogP contribution is -2.36. The maximum Gasteiger partial charge on any atom is 0.303 e. The van der Waals surface area contributed by atoms with Gasteiger partial charge in [0.1, 0.15) is 0 Å². The first-order valence-corrected chi connectivity index (χ1v) is 13.2. The number of hydrogen-bond acceptors (Lipinski definition) is 3. The number of carbonyl (C=O) groups is 2. The third kappa shape index (κ3) is 10.9. The standard InChI is InChI=1S/C30H39N3O3/c34-29(18-10-2-1-5-12-25-13-6-3-7-14-25)32-27(19-20-30(35)36)22-28-23-33(24-31-28)21-11-17-26-15-8-4-9-16-26/h3-4,6-9,13-16,23-24,27H,1-2,5,10-12,17-22H2,(H,32,34)(H,35,36). The van der Waals surface area contributed by atoms with Crippen molar-refractivity contribution in [3.8, 4) is 0 Å². The monoisotopic (exact) mass is 489 g/mol. The van der Waals surface area contributed by atoms with E-state index in [0.717, 1.165) is 57.2 Å². The number of hydrogen-bond donors (Lipinski definition) is 2. The maximum absolute atomic E-state index is 12.5. The van der Waals surface area contributed by atoms with Gasteiger partial charge in [-0.05, 0) is 49.7 Å². The number of nitrogens with zero attached hydrogens (tertiary/aromatic N) is 2. The van der Waals surface area contributed by atoms with Crippen molar-refractivity contribution in [1.29, 1.82) is 0 Å². The molecule has 0 saturated carbocycles. The Hall–Kier alpha value is -3.41. The Morgan fingerprint density at radius 2 is 1.47 bits per heavy atom. The Morgan fingerprint density at radius 1 is 0.833 bits per heavy atom. The minimum atomic E-state index is -0.848. The van der Waals surface area contributed by atoms with Crippen LogP contribution in [0.3, 0.4) is 0 Å². The van der Waals surface area contributed by atoms with E-state index in [1.165, 1.54) is 11.1 Å². The van der Waals surface area contributed by atoms with Crippen molar-refractivity contribution < 1.29 is 14.7 Å². The third-order valence-corrected chi connectivity index (χ3v) is 6.40. The summed E-state index contributed by atoms with van der Waals surface area (Å²) >= 11 is 0.